The normalized spacial score (nSPS) is 11.9. The molecule has 138 valence electrons. The lowest BCUT2D eigenvalue weighted by Gasteiger charge is -2.14. The number of nitrogens with one attached hydrogen (secondary N) is 1. The quantitative estimate of drug-likeness (QED) is 0.539. The molecule has 2 nitrogen and oxygen atoms in total. The predicted octanol–water partition coefficient (Wildman–Crippen LogP) is 6.22. The summed E-state index contributed by atoms with van der Waals surface area (Å²) in [6.45, 7) is 2.03. The Morgan fingerprint density at radius 1 is 1.04 bits per heavy atom. The molecule has 0 saturated carbocycles. The van der Waals surface area contributed by atoms with E-state index in [1.54, 1.807) is 37.3 Å². The Morgan fingerprint density at radius 3 is 2.44 bits per heavy atom. The van der Waals surface area contributed by atoms with Crippen molar-refractivity contribution in [3.05, 3.63) is 93.7 Å². The van der Waals surface area contributed by atoms with Crippen LogP contribution in [0.25, 0.3) is 11.1 Å². The Hall–Kier alpha value is -2.36. The summed E-state index contributed by atoms with van der Waals surface area (Å²) in [7, 11) is 0. The van der Waals surface area contributed by atoms with Crippen LogP contribution in [0.5, 0.6) is 0 Å². The number of carbonyl (C=O) groups excluding carboxylic acids is 1. The fourth-order valence-corrected chi connectivity index (χ4v) is 3.28. The second-order valence-corrected chi connectivity index (χ2v) is 7.12. The molecular weight excluding hydrogens is 384 g/mol. The Balaban J connectivity index is 1.70. The van der Waals surface area contributed by atoms with Gasteiger partial charge in [0, 0.05) is 22.2 Å². The zero-order chi connectivity index (χ0) is 19.4. The van der Waals surface area contributed by atoms with Gasteiger partial charge in [-0.3, -0.25) is 4.79 Å². The summed E-state index contributed by atoms with van der Waals surface area (Å²) >= 11 is 12.0. The summed E-state index contributed by atoms with van der Waals surface area (Å²) < 4.78 is 14.5. The van der Waals surface area contributed by atoms with Gasteiger partial charge in [0.1, 0.15) is 5.82 Å². The molecule has 0 heterocycles. The molecule has 27 heavy (non-hydrogen) atoms. The summed E-state index contributed by atoms with van der Waals surface area (Å²) in [6, 6.07) is 19.3. The first-order chi connectivity index (χ1) is 13.0. The Kier molecular flexibility index (Phi) is 6.15. The zero-order valence-electron chi connectivity index (χ0n) is 14.7. The summed E-state index contributed by atoms with van der Waals surface area (Å²) in [5.41, 5.74) is 2.70. The molecule has 0 bridgehead atoms. The van der Waals surface area contributed by atoms with E-state index in [0.29, 0.717) is 21.2 Å². The molecule has 0 aliphatic rings. The molecule has 1 unspecified atom stereocenters. The van der Waals surface area contributed by atoms with Crippen molar-refractivity contribution in [2.24, 2.45) is 0 Å². The summed E-state index contributed by atoms with van der Waals surface area (Å²) in [6.07, 6.45) is 0. The summed E-state index contributed by atoms with van der Waals surface area (Å²) in [5, 5.41) is 3.87. The molecule has 0 radical (unpaired) electrons. The van der Waals surface area contributed by atoms with Gasteiger partial charge in [-0.2, -0.15) is 0 Å². The van der Waals surface area contributed by atoms with E-state index in [-0.39, 0.29) is 18.3 Å². The molecule has 3 rings (SSSR count). The maximum absolute atomic E-state index is 14.5. The fourth-order valence-electron chi connectivity index (χ4n) is 2.80. The molecule has 0 spiro atoms. The highest BCUT2D eigenvalue weighted by molar-refractivity contribution is 6.35. The van der Waals surface area contributed by atoms with Crippen molar-refractivity contribution >= 4 is 29.1 Å². The molecule has 1 amide bonds. The molecule has 3 aromatic carbocycles. The van der Waals surface area contributed by atoms with Crippen LogP contribution in [0.2, 0.25) is 10.0 Å². The van der Waals surface area contributed by atoms with Crippen molar-refractivity contribution in [3.63, 3.8) is 0 Å². The number of hydrogen-bond donors (Lipinski definition) is 1. The Bertz CT molecular complexity index is 960. The van der Waals surface area contributed by atoms with Crippen LogP contribution in [0.4, 0.5) is 4.39 Å². The van der Waals surface area contributed by atoms with Gasteiger partial charge in [0.05, 0.1) is 5.92 Å². The molecule has 0 aliphatic carbocycles. The lowest BCUT2D eigenvalue weighted by Crippen LogP contribution is -2.27. The van der Waals surface area contributed by atoms with Crippen LogP contribution in [-0.2, 0) is 11.3 Å². The van der Waals surface area contributed by atoms with E-state index in [1.165, 1.54) is 6.07 Å². The minimum absolute atomic E-state index is 0.201. The van der Waals surface area contributed by atoms with E-state index in [4.69, 9.17) is 23.2 Å². The minimum Gasteiger partial charge on any atom is -0.351 e. The highest BCUT2D eigenvalue weighted by atomic mass is 35.5. The van der Waals surface area contributed by atoms with Crippen LogP contribution in [0.3, 0.4) is 0 Å². The Labute approximate surface area is 167 Å². The lowest BCUT2D eigenvalue weighted by molar-refractivity contribution is -0.122. The molecule has 1 atom stereocenters. The number of halogens is 3. The first-order valence-electron chi connectivity index (χ1n) is 8.52. The number of carbonyl (C=O) groups is 1. The number of rotatable bonds is 5. The van der Waals surface area contributed by atoms with Crippen LogP contribution in [0.1, 0.15) is 24.0 Å². The molecule has 0 aliphatic heterocycles. The monoisotopic (exact) mass is 401 g/mol. The van der Waals surface area contributed by atoms with Crippen LogP contribution in [0.15, 0.2) is 66.7 Å². The molecule has 1 N–H and O–H groups in total. The average molecular weight is 402 g/mol. The standard InChI is InChI=1S/C22H18Cl2FNO/c1-14(22(27)26-13-17-7-9-18(23)12-20(17)24)16-8-10-19(21(25)11-16)15-5-3-2-4-6-15/h2-12,14H,13H2,1H3,(H,26,27). The van der Waals surface area contributed by atoms with Crippen molar-refractivity contribution in [1.82, 2.24) is 5.32 Å². The van der Waals surface area contributed by atoms with Gasteiger partial charge < -0.3 is 5.32 Å². The second kappa shape index (κ2) is 8.55. The fraction of sp³-hybridized carbons (Fsp3) is 0.136. The van der Waals surface area contributed by atoms with Crippen LogP contribution in [-0.4, -0.2) is 5.91 Å². The van der Waals surface area contributed by atoms with Gasteiger partial charge in [-0.25, -0.2) is 4.39 Å². The maximum Gasteiger partial charge on any atom is 0.227 e. The number of amides is 1. The van der Waals surface area contributed by atoms with Crippen molar-refractivity contribution in [2.45, 2.75) is 19.4 Å². The summed E-state index contributed by atoms with van der Waals surface area (Å²) in [4.78, 5) is 12.5. The van der Waals surface area contributed by atoms with E-state index in [0.717, 1.165) is 11.1 Å². The van der Waals surface area contributed by atoms with Crippen molar-refractivity contribution in [3.8, 4) is 11.1 Å². The minimum atomic E-state index is -0.490. The van der Waals surface area contributed by atoms with Gasteiger partial charge in [0.15, 0.2) is 0 Å². The summed E-state index contributed by atoms with van der Waals surface area (Å²) in [5.74, 6) is -1.04. The molecule has 5 heteroatoms. The van der Waals surface area contributed by atoms with Crippen LogP contribution < -0.4 is 5.32 Å². The number of hydrogen-bond acceptors (Lipinski definition) is 1. The molecule has 3 aromatic rings. The average Bonchev–Trinajstić information content (AvgIpc) is 2.67. The third-order valence-electron chi connectivity index (χ3n) is 4.44. The van der Waals surface area contributed by atoms with E-state index >= 15 is 0 Å². The molecule has 0 saturated heterocycles. The van der Waals surface area contributed by atoms with E-state index in [2.05, 4.69) is 5.32 Å². The zero-order valence-corrected chi connectivity index (χ0v) is 16.2. The first kappa shape index (κ1) is 19.4. The first-order valence-corrected chi connectivity index (χ1v) is 9.28. The van der Waals surface area contributed by atoms with Gasteiger partial charge in [0.25, 0.3) is 0 Å². The van der Waals surface area contributed by atoms with Crippen molar-refractivity contribution < 1.29 is 9.18 Å². The third-order valence-corrected chi connectivity index (χ3v) is 5.03. The SMILES string of the molecule is CC(C(=O)NCc1ccc(Cl)cc1Cl)c1ccc(-c2ccccc2)c(F)c1. The Morgan fingerprint density at radius 2 is 1.78 bits per heavy atom. The van der Waals surface area contributed by atoms with Crippen molar-refractivity contribution in [1.29, 1.82) is 0 Å². The highest BCUT2D eigenvalue weighted by Crippen LogP contribution is 2.26. The predicted molar refractivity (Wildman–Crippen MR) is 109 cm³/mol. The van der Waals surface area contributed by atoms with Gasteiger partial charge in [-0.15, -0.1) is 0 Å². The molecule has 0 aromatic heterocycles. The third kappa shape index (κ3) is 4.68. The van der Waals surface area contributed by atoms with Crippen LogP contribution >= 0.6 is 23.2 Å². The number of benzene rings is 3. The van der Waals surface area contributed by atoms with E-state index < -0.39 is 5.92 Å². The van der Waals surface area contributed by atoms with Gasteiger partial charge in [-0.1, -0.05) is 71.7 Å². The van der Waals surface area contributed by atoms with Crippen LogP contribution in [0, 0.1) is 5.82 Å². The largest absolute Gasteiger partial charge is 0.351 e. The van der Waals surface area contributed by atoms with E-state index in [9.17, 15) is 9.18 Å². The molecular formula is C22H18Cl2FNO. The van der Waals surface area contributed by atoms with E-state index in [1.807, 2.05) is 30.3 Å². The van der Waals surface area contributed by atoms with Gasteiger partial charge in [0.2, 0.25) is 5.91 Å². The van der Waals surface area contributed by atoms with Crippen molar-refractivity contribution in [2.75, 3.05) is 0 Å². The van der Waals surface area contributed by atoms with Gasteiger partial charge in [-0.05, 0) is 41.8 Å². The maximum atomic E-state index is 14.5. The second-order valence-electron chi connectivity index (χ2n) is 6.28. The van der Waals surface area contributed by atoms with Gasteiger partial charge >= 0.3 is 0 Å². The molecule has 0 fully saturated rings. The lowest BCUT2D eigenvalue weighted by atomic mass is 9.96. The smallest absolute Gasteiger partial charge is 0.227 e. The topological polar surface area (TPSA) is 29.1 Å². The highest BCUT2D eigenvalue weighted by Gasteiger charge is 2.17.